The second-order valence-electron chi connectivity index (χ2n) is 10.2. The lowest BCUT2D eigenvalue weighted by Crippen LogP contribution is -2.61. The number of carbonyl (C=O) groups excluding carboxylic acids is 1. The maximum absolute atomic E-state index is 12.9. The number of benzene rings is 2. The molecule has 0 saturated carbocycles. The van der Waals surface area contributed by atoms with Crippen molar-refractivity contribution in [2.45, 2.75) is 74.1 Å². The molecule has 0 amide bonds. The van der Waals surface area contributed by atoms with Gasteiger partial charge in [-0.2, -0.15) is 0 Å². The van der Waals surface area contributed by atoms with Crippen molar-refractivity contribution < 1.29 is 74.1 Å². The van der Waals surface area contributed by atoms with E-state index in [1.807, 2.05) is 0 Å². The van der Waals surface area contributed by atoms with Crippen LogP contribution >= 0.6 is 0 Å². The van der Waals surface area contributed by atoms with Gasteiger partial charge in [0.2, 0.25) is 6.29 Å². The molecule has 11 atom stereocenters. The normalized spacial score (nSPS) is 36.6. The molecule has 0 bridgehead atoms. The van der Waals surface area contributed by atoms with Crippen molar-refractivity contribution in [2.75, 3.05) is 13.7 Å². The molecule has 2 aromatic rings. The molecule has 0 aromatic heterocycles. The van der Waals surface area contributed by atoms with Gasteiger partial charge in [0.15, 0.2) is 18.4 Å². The average Bonchev–Trinajstić information content (AvgIpc) is 2.97. The fourth-order valence-corrected chi connectivity index (χ4v) is 4.93. The van der Waals surface area contributed by atoms with Crippen LogP contribution in [0.3, 0.4) is 0 Å². The molecule has 15 heteroatoms. The number of aliphatic hydroxyl groups excluding tert-OH is 7. The van der Waals surface area contributed by atoms with Crippen LogP contribution in [0.15, 0.2) is 36.4 Å². The zero-order valence-electron chi connectivity index (χ0n) is 22.2. The third-order valence-corrected chi connectivity index (χ3v) is 7.35. The van der Waals surface area contributed by atoms with Crippen molar-refractivity contribution in [3.63, 3.8) is 0 Å². The number of hydrogen-bond donors (Lipinski definition) is 8. The largest absolute Gasteiger partial charge is 0.507 e. The summed E-state index contributed by atoms with van der Waals surface area (Å²) in [6, 6.07) is 9.32. The highest BCUT2D eigenvalue weighted by molar-refractivity contribution is 6.02. The SMILES string of the molecule is COc1ccc([C@H]2CC(=O)c3c(O)cc(O[C@@H]4O[C@H](CO[C@@H]5O[C@@H](O)[C@H](O)[C@@H](O)[C@H]5O)[C@@H](O)[C@H](O)[C@H]4O)cc3O2)cc1. The smallest absolute Gasteiger partial charge is 0.229 e. The van der Waals surface area contributed by atoms with Gasteiger partial charge in [-0.1, -0.05) is 12.1 Å². The summed E-state index contributed by atoms with van der Waals surface area (Å²) in [5, 5.41) is 81.1. The number of ketones is 1. The van der Waals surface area contributed by atoms with Crippen LogP contribution in [0.4, 0.5) is 0 Å². The monoisotopic (exact) mass is 596 g/mol. The van der Waals surface area contributed by atoms with Gasteiger partial charge in [-0.25, -0.2) is 0 Å². The molecule has 0 radical (unpaired) electrons. The van der Waals surface area contributed by atoms with Gasteiger partial charge in [0, 0.05) is 12.1 Å². The van der Waals surface area contributed by atoms with Gasteiger partial charge in [0.1, 0.15) is 77.4 Å². The van der Waals surface area contributed by atoms with Crippen molar-refractivity contribution in [2.24, 2.45) is 0 Å². The lowest BCUT2D eigenvalue weighted by atomic mass is 9.95. The highest BCUT2D eigenvalue weighted by atomic mass is 16.8. The number of carbonyl (C=O) groups is 1. The van der Waals surface area contributed by atoms with Crippen LogP contribution in [0.1, 0.15) is 28.4 Å². The molecule has 3 aliphatic heterocycles. The van der Waals surface area contributed by atoms with Gasteiger partial charge < -0.3 is 69.3 Å². The first-order valence-electron chi connectivity index (χ1n) is 13.0. The molecule has 5 rings (SSSR count). The van der Waals surface area contributed by atoms with Crippen LogP contribution in [0, 0.1) is 0 Å². The molecule has 2 aromatic carbocycles. The lowest BCUT2D eigenvalue weighted by molar-refractivity contribution is -0.350. The van der Waals surface area contributed by atoms with Crippen molar-refractivity contribution in [3.05, 3.63) is 47.5 Å². The minimum Gasteiger partial charge on any atom is -0.507 e. The summed E-state index contributed by atoms with van der Waals surface area (Å²) >= 11 is 0. The van der Waals surface area contributed by atoms with E-state index >= 15 is 0 Å². The number of fused-ring (bicyclic) bond motifs is 1. The third kappa shape index (κ3) is 5.89. The van der Waals surface area contributed by atoms with E-state index in [0.717, 1.165) is 6.07 Å². The number of phenols is 1. The standard InChI is InChI=1S/C27H32O15/c1-37-11-4-2-10(3-5-11)15-8-14(29)18-13(28)6-12(7-16(18)40-15)39-27-24(35)20(31)19(30)17(41-27)9-38-26-23(34)21(32)22(33)25(36)42-26/h2-7,15,17,19-28,30-36H,8-9H2,1H3/t15-,17-,19-,20+,21-,22-,23-,24-,25-,26-,27-/m1/s1. The molecular formula is C27H32O15. The van der Waals surface area contributed by atoms with Crippen LogP contribution in [-0.2, 0) is 14.2 Å². The van der Waals surface area contributed by atoms with E-state index in [1.54, 1.807) is 24.3 Å². The third-order valence-electron chi connectivity index (χ3n) is 7.35. The minimum absolute atomic E-state index is 0.00979. The number of phenolic OH excluding ortho intramolecular Hbond substituents is 1. The summed E-state index contributed by atoms with van der Waals surface area (Å²) in [5.41, 5.74) is 0.632. The second-order valence-corrected chi connectivity index (χ2v) is 10.2. The molecule has 2 saturated heterocycles. The zero-order valence-corrected chi connectivity index (χ0v) is 22.2. The first-order valence-corrected chi connectivity index (χ1v) is 13.0. The molecule has 0 aliphatic carbocycles. The van der Waals surface area contributed by atoms with Crippen molar-refractivity contribution in [1.82, 2.24) is 0 Å². The van der Waals surface area contributed by atoms with E-state index in [1.165, 1.54) is 13.2 Å². The molecule has 0 unspecified atom stereocenters. The highest BCUT2D eigenvalue weighted by Crippen LogP contribution is 2.42. The van der Waals surface area contributed by atoms with Crippen LogP contribution < -0.4 is 14.2 Å². The van der Waals surface area contributed by atoms with Crippen LogP contribution in [-0.4, -0.2) is 122 Å². The molecule has 15 nitrogen and oxygen atoms in total. The second kappa shape index (κ2) is 12.3. The number of aromatic hydroxyl groups is 1. The summed E-state index contributed by atoms with van der Waals surface area (Å²) in [6.07, 6.45) is -17.8. The van der Waals surface area contributed by atoms with Gasteiger partial charge in [-0.15, -0.1) is 0 Å². The fraction of sp³-hybridized carbons (Fsp3) is 0.519. The number of aliphatic hydroxyl groups is 7. The Balaban J connectivity index is 1.29. The molecule has 42 heavy (non-hydrogen) atoms. The van der Waals surface area contributed by atoms with Crippen LogP contribution in [0.2, 0.25) is 0 Å². The molecule has 3 aliphatic rings. The van der Waals surface area contributed by atoms with Gasteiger partial charge in [0.25, 0.3) is 0 Å². The maximum atomic E-state index is 12.9. The highest BCUT2D eigenvalue weighted by Gasteiger charge is 2.48. The summed E-state index contributed by atoms with van der Waals surface area (Å²) in [7, 11) is 1.52. The van der Waals surface area contributed by atoms with Crippen LogP contribution in [0.25, 0.3) is 0 Å². The van der Waals surface area contributed by atoms with Gasteiger partial charge >= 0.3 is 0 Å². The Morgan fingerprint density at radius 3 is 2.17 bits per heavy atom. The molecule has 230 valence electrons. The molecule has 3 heterocycles. The van der Waals surface area contributed by atoms with E-state index in [0.29, 0.717) is 11.3 Å². The fourth-order valence-electron chi connectivity index (χ4n) is 4.93. The number of methoxy groups -OCH3 is 1. The maximum Gasteiger partial charge on any atom is 0.229 e. The Kier molecular flexibility index (Phi) is 8.86. The van der Waals surface area contributed by atoms with E-state index in [9.17, 15) is 45.6 Å². The Labute approximate surface area is 238 Å². The van der Waals surface area contributed by atoms with Gasteiger partial charge in [-0.05, 0) is 17.7 Å². The molecule has 2 fully saturated rings. The average molecular weight is 597 g/mol. The van der Waals surface area contributed by atoms with E-state index in [4.69, 9.17) is 28.4 Å². The van der Waals surface area contributed by atoms with Gasteiger partial charge in [0.05, 0.1) is 20.1 Å². The lowest BCUT2D eigenvalue weighted by Gasteiger charge is -2.42. The number of Topliss-reactive ketones (excluding diaryl/α,β-unsaturated/α-hetero) is 1. The van der Waals surface area contributed by atoms with Crippen LogP contribution in [0.5, 0.6) is 23.0 Å². The molecule has 0 spiro atoms. The van der Waals surface area contributed by atoms with Crippen molar-refractivity contribution in [3.8, 4) is 23.0 Å². The zero-order chi connectivity index (χ0) is 30.3. The molecule has 8 N–H and O–H groups in total. The summed E-state index contributed by atoms with van der Waals surface area (Å²) < 4.78 is 32.6. The number of hydrogen-bond acceptors (Lipinski definition) is 15. The Hall–Kier alpha value is -3.09. The number of ether oxygens (including phenoxy) is 6. The van der Waals surface area contributed by atoms with Crippen molar-refractivity contribution >= 4 is 5.78 Å². The Morgan fingerprint density at radius 2 is 1.48 bits per heavy atom. The molecular weight excluding hydrogens is 564 g/mol. The Bertz CT molecular complexity index is 1250. The number of rotatable bonds is 7. The van der Waals surface area contributed by atoms with E-state index in [-0.39, 0.29) is 29.3 Å². The quantitative estimate of drug-likeness (QED) is 0.174. The predicted octanol–water partition coefficient (Wildman–Crippen LogP) is -1.93. The van der Waals surface area contributed by atoms with Crippen molar-refractivity contribution in [1.29, 1.82) is 0 Å². The Morgan fingerprint density at radius 1 is 0.810 bits per heavy atom. The van der Waals surface area contributed by atoms with Gasteiger partial charge in [-0.3, -0.25) is 4.79 Å². The summed E-state index contributed by atoms with van der Waals surface area (Å²) in [6.45, 7) is -0.585. The first-order chi connectivity index (χ1) is 20.0. The topological polar surface area (TPSA) is 234 Å². The first kappa shape index (κ1) is 30.4. The summed E-state index contributed by atoms with van der Waals surface area (Å²) in [5.74, 6) is -0.299. The van der Waals surface area contributed by atoms with E-state index < -0.39 is 80.1 Å². The van der Waals surface area contributed by atoms with E-state index in [2.05, 4.69) is 0 Å². The predicted molar refractivity (Wildman–Crippen MR) is 136 cm³/mol. The summed E-state index contributed by atoms with van der Waals surface area (Å²) in [4.78, 5) is 12.9. The minimum atomic E-state index is -1.87.